The Morgan fingerprint density at radius 1 is 1.41 bits per heavy atom. The minimum atomic E-state index is 0.402. The smallest absolute Gasteiger partial charge is 0.226 e. The van der Waals surface area contributed by atoms with Gasteiger partial charge in [0.05, 0.1) is 0 Å². The molecular formula is C12H21N3O2. The van der Waals surface area contributed by atoms with E-state index in [9.17, 15) is 0 Å². The van der Waals surface area contributed by atoms with Crippen LogP contribution in [0.5, 0.6) is 0 Å². The average Bonchev–Trinajstić information content (AvgIpc) is 2.85. The van der Waals surface area contributed by atoms with Gasteiger partial charge in [0, 0.05) is 25.6 Å². The molecule has 1 aliphatic rings. The van der Waals surface area contributed by atoms with Crippen LogP contribution in [0.4, 0.5) is 0 Å². The third-order valence-electron chi connectivity index (χ3n) is 3.44. The van der Waals surface area contributed by atoms with Gasteiger partial charge in [0.2, 0.25) is 5.89 Å². The van der Waals surface area contributed by atoms with Gasteiger partial charge in [0.25, 0.3) is 0 Å². The zero-order chi connectivity index (χ0) is 12.1. The minimum absolute atomic E-state index is 0.402. The van der Waals surface area contributed by atoms with Crippen molar-refractivity contribution in [1.82, 2.24) is 10.1 Å². The van der Waals surface area contributed by atoms with Crippen LogP contribution in [0.3, 0.4) is 0 Å². The number of ether oxygens (including phenoxy) is 1. The molecule has 2 rings (SSSR count). The molecule has 1 aromatic rings. The molecule has 0 spiro atoms. The third-order valence-corrected chi connectivity index (χ3v) is 3.44. The molecule has 1 atom stereocenters. The minimum Gasteiger partial charge on any atom is -0.381 e. The summed E-state index contributed by atoms with van der Waals surface area (Å²) in [5.41, 5.74) is 5.67. The van der Waals surface area contributed by atoms with Crippen LogP contribution >= 0.6 is 0 Å². The Balaban J connectivity index is 1.94. The Morgan fingerprint density at radius 3 is 2.82 bits per heavy atom. The topological polar surface area (TPSA) is 74.2 Å². The Labute approximate surface area is 102 Å². The first-order chi connectivity index (χ1) is 8.33. The van der Waals surface area contributed by atoms with Crippen LogP contribution < -0.4 is 5.73 Å². The maximum absolute atomic E-state index is 5.67. The first kappa shape index (κ1) is 12.5. The summed E-state index contributed by atoms with van der Waals surface area (Å²) in [6.07, 6.45) is 3.83. The molecule has 2 heterocycles. The summed E-state index contributed by atoms with van der Waals surface area (Å²) >= 11 is 0. The van der Waals surface area contributed by atoms with Crippen LogP contribution in [0.1, 0.15) is 43.8 Å². The molecule has 1 aromatic heterocycles. The van der Waals surface area contributed by atoms with E-state index >= 15 is 0 Å². The molecule has 1 saturated heterocycles. The monoisotopic (exact) mass is 239 g/mol. The lowest BCUT2D eigenvalue weighted by Gasteiger charge is -2.18. The van der Waals surface area contributed by atoms with Crippen LogP contribution in [0.25, 0.3) is 0 Å². The van der Waals surface area contributed by atoms with Gasteiger partial charge in [-0.2, -0.15) is 4.98 Å². The molecule has 1 aliphatic heterocycles. The molecule has 2 N–H and O–H groups in total. The normalized spacial score (nSPS) is 19.4. The maximum atomic E-state index is 5.67. The third kappa shape index (κ3) is 3.26. The molecule has 0 bridgehead atoms. The van der Waals surface area contributed by atoms with Gasteiger partial charge in [0.15, 0.2) is 5.82 Å². The van der Waals surface area contributed by atoms with Gasteiger partial charge < -0.3 is 15.0 Å². The SMILES string of the molecule is CCC(CN)Cc1nc(C2CCOCC2)no1. The second-order valence-electron chi connectivity index (χ2n) is 4.65. The summed E-state index contributed by atoms with van der Waals surface area (Å²) < 4.78 is 10.6. The predicted molar refractivity (Wildman–Crippen MR) is 63.6 cm³/mol. The van der Waals surface area contributed by atoms with E-state index in [0.29, 0.717) is 18.4 Å². The fourth-order valence-corrected chi connectivity index (χ4v) is 2.11. The molecular weight excluding hydrogens is 218 g/mol. The second-order valence-corrected chi connectivity index (χ2v) is 4.65. The zero-order valence-corrected chi connectivity index (χ0v) is 10.4. The fraction of sp³-hybridized carbons (Fsp3) is 0.833. The second kappa shape index (κ2) is 6.12. The van der Waals surface area contributed by atoms with Gasteiger partial charge >= 0.3 is 0 Å². The Hall–Kier alpha value is -0.940. The molecule has 0 aromatic carbocycles. The van der Waals surface area contributed by atoms with E-state index in [1.807, 2.05) is 0 Å². The summed E-state index contributed by atoms with van der Waals surface area (Å²) in [7, 11) is 0. The lowest BCUT2D eigenvalue weighted by molar-refractivity contribution is 0.0830. The van der Waals surface area contributed by atoms with Crippen molar-refractivity contribution in [2.45, 2.75) is 38.5 Å². The number of nitrogens with two attached hydrogens (primary N) is 1. The van der Waals surface area contributed by atoms with Crippen molar-refractivity contribution >= 4 is 0 Å². The number of nitrogens with zero attached hydrogens (tertiary/aromatic N) is 2. The Bertz CT molecular complexity index is 330. The predicted octanol–water partition coefficient (Wildman–Crippen LogP) is 1.49. The average molecular weight is 239 g/mol. The zero-order valence-electron chi connectivity index (χ0n) is 10.4. The van der Waals surface area contributed by atoms with Gasteiger partial charge in [0.1, 0.15) is 0 Å². The first-order valence-electron chi connectivity index (χ1n) is 6.43. The van der Waals surface area contributed by atoms with Gasteiger partial charge in [-0.1, -0.05) is 18.5 Å². The van der Waals surface area contributed by atoms with Crippen molar-refractivity contribution in [2.75, 3.05) is 19.8 Å². The summed E-state index contributed by atoms with van der Waals surface area (Å²) in [6, 6.07) is 0. The van der Waals surface area contributed by atoms with Crippen LogP contribution in [0, 0.1) is 5.92 Å². The quantitative estimate of drug-likeness (QED) is 0.842. The molecule has 1 unspecified atom stereocenters. The lowest BCUT2D eigenvalue weighted by atomic mass is 9.99. The van der Waals surface area contributed by atoms with Crippen molar-refractivity contribution in [3.05, 3.63) is 11.7 Å². The van der Waals surface area contributed by atoms with Crippen molar-refractivity contribution in [1.29, 1.82) is 0 Å². The van der Waals surface area contributed by atoms with Crippen molar-refractivity contribution < 1.29 is 9.26 Å². The van der Waals surface area contributed by atoms with Crippen molar-refractivity contribution in [2.24, 2.45) is 11.7 Å². The number of hydrogen-bond acceptors (Lipinski definition) is 5. The van der Waals surface area contributed by atoms with Gasteiger partial charge in [-0.3, -0.25) is 0 Å². The Kier molecular flexibility index (Phi) is 4.50. The van der Waals surface area contributed by atoms with E-state index in [1.165, 1.54) is 0 Å². The molecule has 5 nitrogen and oxygen atoms in total. The molecule has 5 heteroatoms. The summed E-state index contributed by atoms with van der Waals surface area (Å²) in [6.45, 7) is 4.41. The molecule has 0 amide bonds. The summed E-state index contributed by atoms with van der Waals surface area (Å²) in [4.78, 5) is 4.48. The highest BCUT2D eigenvalue weighted by molar-refractivity contribution is 4.97. The van der Waals surface area contributed by atoms with E-state index in [2.05, 4.69) is 17.1 Å². The maximum Gasteiger partial charge on any atom is 0.226 e. The number of hydrogen-bond donors (Lipinski definition) is 1. The molecule has 96 valence electrons. The van der Waals surface area contributed by atoms with E-state index in [1.54, 1.807) is 0 Å². The van der Waals surface area contributed by atoms with E-state index in [4.69, 9.17) is 15.0 Å². The van der Waals surface area contributed by atoms with Crippen LogP contribution in [0.2, 0.25) is 0 Å². The van der Waals surface area contributed by atoms with E-state index in [0.717, 1.165) is 50.6 Å². The van der Waals surface area contributed by atoms with Gasteiger partial charge in [-0.25, -0.2) is 0 Å². The van der Waals surface area contributed by atoms with Crippen LogP contribution in [-0.4, -0.2) is 29.9 Å². The van der Waals surface area contributed by atoms with Crippen LogP contribution in [-0.2, 0) is 11.2 Å². The molecule has 0 saturated carbocycles. The standard InChI is InChI=1S/C12H21N3O2/c1-2-9(8-13)7-11-14-12(15-17-11)10-3-5-16-6-4-10/h9-10H,2-8,13H2,1H3. The van der Waals surface area contributed by atoms with Gasteiger partial charge in [-0.15, -0.1) is 0 Å². The Morgan fingerprint density at radius 2 is 2.18 bits per heavy atom. The van der Waals surface area contributed by atoms with E-state index < -0.39 is 0 Å². The molecule has 0 radical (unpaired) electrons. The summed E-state index contributed by atoms with van der Waals surface area (Å²) in [5, 5.41) is 4.08. The van der Waals surface area contributed by atoms with Crippen molar-refractivity contribution in [3.8, 4) is 0 Å². The first-order valence-corrected chi connectivity index (χ1v) is 6.43. The largest absolute Gasteiger partial charge is 0.381 e. The van der Waals surface area contributed by atoms with Gasteiger partial charge in [-0.05, 0) is 25.3 Å². The fourth-order valence-electron chi connectivity index (χ4n) is 2.11. The number of rotatable bonds is 5. The highest BCUT2D eigenvalue weighted by atomic mass is 16.5. The molecule has 0 aliphatic carbocycles. The highest BCUT2D eigenvalue weighted by Crippen LogP contribution is 2.24. The lowest BCUT2D eigenvalue weighted by Crippen LogP contribution is -2.17. The summed E-state index contributed by atoms with van der Waals surface area (Å²) in [5.74, 6) is 2.41. The highest BCUT2D eigenvalue weighted by Gasteiger charge is 2.21. The molecule has 17 heavy (non-hydrogen) atoms. The number of aromatic nitrogens is 2. The van der Waals surface area contributed by atoms with Crippen LogP contribution in [0.15, 0.2) is 4.52 Å². The van der Waals surface area contributed by atoms with E-state index in [-0.39, 0.29) is 0 Å². The molecule has 1 fully saturated rings. The van der Waals surface area contributed by atoms with Crippen molar-refractivity contribution in [3.63, 3.8) is 0 Å².